The van der Waals surface area contributed by atoms with E-state index in [1.54, 1.807) is 0 Å². The first-order valence-corrected chi connectivity index (χ1v) is 5.68. The Kier molecular flexibility index (Phi) is 3.23. The molecule has 5 heteroatoms. The molecule has 0 aromatic carbocycles. The average molecular weight is 229 g/mol. The van der Waals surface area contributed by atoms with E-state index in [0.717, 1.165) is 32.9 Å². The number of hydrogen-bond acceptors (Lipinski definition) is 2. The predicted octanol–water partition coefficient (Wildman–Crippen LogP) is 1.99. The Morgan fingerprint density at radius 3 is 3.06 bits per heavy atom. The molecule has 2 rings (SSSR count). The van der Waals surface area contributed by atoms with Crippen molar-refractivity contribution in [2.75, 3.05) is 13.1 Å². The first kappa shape index (κ1) is 11.5. The molecule has 1 aromatic heterocycles. The maximum Gasteiger partial charge on any atom is 0.286 e. The van der Waals surface area contributed by atoms with Crippen molar-refractivity contribution in [3.63, 3.8) is 0 Å². The highest BCUT2D eigenvalue weighted by Crippen LogP contribution is 2.27. The molecular formula is C11H17F2N3. The summed E-state index contributed by atoms with van der Waals surface area (Å²) in [5.74, 6) is -2.40. The summed E-state index contributed by atoms with van der Waals surface area (Å²) in [5.41, 5.74) is 0.0121. The van der Waals surface area contributed by atoms with Crippen molar-refractivity contribution in [2.24, 2.45) is 5.92 Å². The van der Waals surface area contributed by atoms with Crippen molar-refractivity contribution in [1.82, 2.24) is 15.1 Å². The molecule has 2 heterocycles. The molecule has 0 saturated carbocycles. The molecule has 1 fully saturated rings. The summed E-state index contributed by atoms with van der Waals surface area (Å²) in [6.45, 7) is 3.43. The minimum Gasteiger partial charge on any atom is -0.316 e. The third-order valence-electron chi connectivity index (χ3n) is 3.00. The third kappa shape index (κ3) is 2.58. The van der Waals surface area contributed by atoms with E-state index in [1.807, 2.05) is 0 Å². The van der Waals surface area contributed by atoms with Gasteiger partial charge in [0.25, 0.3) is 5.92 Å². The lowest BCUT2D eigenvalue weighted by Crippen LogP contribution is -2.33. The number of aromatic nitrogens is 2. The average Bonchev–Trinajstić information content (AvgIpc) is 2.67. The fourth-order valence-corrected chi connectivity index (χ4v) is 2.18. The van der Waals surface area contributed by atoms with E-state index < -0.39 is 5.92 Å². The summed E-state index contributed by atoms with van der Waals surface area (Å²) in [4.78, 5) is 0. The second kappa shape index (κ2) is 4.49. The summed E-state index contributed by atoms with van der Waals surface area (Å²) in [6.07, 6.45) is 3.65. The number of halogens is 2. The van der Waals surface area contributed by atoms with E-state index >= 15 is 0 Å². The zero-order valence-corrected chi connectivity index (χ0v) is 9.42. The summed E-state index contributed by atoms with van der Waals surface area (Å²) in [6, 6.07) is 1.40. The number of nitrogens with zero attached hydrogens (tertiary/aromatic N) is 2. The number of rotatable bonds is 3. The van der Waals surface area contributed by atoms with Crippen molar-refractivity contribution >= 4 is 0 Å². The number of nitrogens with one attached hydrogen (secondary N) is 1. The zero-order valence-electron chi connectivity index (χ0n) is 9.42. The first-order chi connectivity index (χ1) is 7.57. The molecule has 0 amide bonds. The molecule has 1 saturated heterocycles. The van der Waals surface area contributed by atoms with Gasteiger partial charge in [0.2, 0.25) is 0 Å². The lowest BCUT2D eigenvalue weighted by atomic mass is 10.00. The molecule has 16 heavy (non-hydrogen) atoms. The van der Waals surface area contributed by atoms with Gasteiger partial charge in [-0.25, -0.2) is 0 Å². The number of piperidine rings is 1. The highest BCUT2D eigenvalue weighted by Gasteiger charge is 2.29. The van der Waals surface area contributed by atoms with Gasteiger partial charge in [-0.15, -0.1) is 0 Å². The summed E-state index contributed by atoms with van der Waals surface area (Å²) in [5, 5.41) is 7.26. The van der Waals surface area contributed by atoms with E-state index in [4.69, 9.17) is 0 Å². The summed E-state index contributed by atoms with van der Waals surface area (Å²) >= 11 is 0. The van der Waals surface area contributed by atoms with Crippen LogP contribution in [0.2, 0.25) is 0 Å². The number of alkyl halides is 2. The highest BCUT2D eigenvalue weighted by atomic mass is 19.3. The first-order valence-electron chi connectivity index (χ1n) is 5.68. The van der Waals surface area contributed by atoms with Crippen LogP contribution in [0, 0.1) is 5.92 Å². The van der Waals surface area contributed by atoms with Crippen molar-refractivity contribution in [3.05, 3.63) is 18.0 Å². The Morgan fingerprint density at radius 1 is 1.62 bits per heavy atom. The molecule has 3 nitrogen and oxygen atoms in total. The SMILES string of the molecule is CC(F)(F)c1ccnn1CC1CCCNC1. The summed E-state index contributed by atoms with van der Waals surface area (Å²) < 4.78 is 27.9. The third-order valence-corrected chi connectivity index (χ3v) is 3.00. The lowest BCUT2D eigenvalue weighted by molar-refractivity contribution is 0.00677. The largest absolute Gasteiger partial charge is 0.316 e. The Morgan fingerprint density at radius 2 is 2.44 bits per heavy atom. The Balaban J connectivity index is 2.06. The second-order valence-electron chi connectivity index (χ2n) is 4.50. The van der Waals surface area contributed by atoms with Crippen molar-refractivity contribution < 1.29 is 8.78 Å². The van der Waals surface area contributed by atoms with Gasteiger partial charge in [-0.05, 0) is 37.9 Å². The minimum atomic E-state index is -2.81. The van der Waals surface area contributed by atoms with Crippen LogP contribution in [0.4, 0.5) is 8.78 Å². The van der Waals surface area contributed by atoms with Crippen LogP contribution in [0.5, 0.6) is 0 Å². The normalized spacial score (nSPS) is 22.3. The van der Waals surface area contributed by atoms with Gasteiger partial charge < -0.3 is 5.32 Å². The van der Waals surface area contributed by atoms with Crippen LogP contribution >= 0.6 is 0 Å². The molecular weight excluding hydrogens is 212 g/mol. The van der Waals surface area contributed by atoms with Crippen LogP contribution in [0.1, 0.15) is 25.5 Å². The van der Waals surface area contributed by atoms with Crippen LogP contribution in [0.15, 0.2) is 12.3 Å². The van der Waals surface area contributed by atoms with Gasteiger partial charge in [-0.1, -0.05) is 0 Å². The predicted molar refractivity (Wildman–Crippen MR) is 57.4 cm³/mol. The number of hydrogen-bond donors (Lipinski definition) is 1. The van der Waals surface area contributed by atoms with E-state index in [9.17, 15) is 8.78 Å². The molecule has 1 N–H and O–H groups in total. The van der Waals surface area contributed by atoms with Gasteiger partial charge >= 0.3 is 0 Å². The van der Waals surface area contributed by atoms with Crippen LogP contribution in [0.25, 0.3) is 0 Å². The van der Waals surface area contributed by atoms with Crippen LogP contribution in [0.3, 0.4) is 0 Å². The summed E-state index contributed by atoms with van der Waals surface area (Å²) in [7, 11) is 0. The zero-order chi connectivity index (χ0) is 11.6. The smallest absolute Gasteiger partial charge is 0.286 e. The van der Waals surface area contributed by atoms with Crippen LogP contribution in [-0.2, 0) is 12.5 Å². The molecule has 1 aliphatic rings. The maximum absolute atomic E-state index is 13.2. The van der Waals surface area contributed by atoms with Gasteiger partial charge in [0.15, 0.2) is 0 Å². The second-order valence-corrected chi connectivity index (χ2v) is 4.50. The van der Waals surface area contributed by atoms with Crippen molar-refractivity contribution in [2.45, 2.75) is 32.2 Å². The Bertz CT molecular complexity index is 337. The van der Waals surface area contributed by atoms with Gasteiger partial charge in [0.05, 0.1) is 0 Å². The van der Waals surface area contributed by atoms with Crippen LogP contribution < -0.4 is 5.32 Å². The minimum absolute atomic E-state index is 0.0121. The van der Waals surface area contributed by atoms with Crippen LogP contribution in [-0.4, -0.2) is 22.9 Å². The molecule has 90 valence electrons. The molecule has 0 aliphatic carbocycles. The fourth-order valence-electron chi connectivity index (χ4n) is 2.18. The standard InChI is InChI=1S/C11H17F2N3/c1-11(12,13)10-4-6-15-16(10)8-9-3-2-5-14-7-9/h4,6,9,14H,2-3,5,7-8H2,1H3. The van der Waals surface area contributed by atoms with E-state index in [2.05, 4.69) is 10.4 Å². The fraction of sp³-hybridized carbons (Fsp3) is 0.727. The van der Waals surface area contributed by atoms with Gasteiger partial charge in [-0.2, -0.15) is 13.9 Å². The van der Waals surface area contributed by atoms with E-state index in [0.29, 0.717) is 12.5 Å². The molecule has 0 radical (unpaired) electrons. The van der Waals surface area contributed by atoms with E-state index in [1.165, 1.54) is 16.9 Å². The highest BCUT2D eigenvalue weighted by molar-refractivity contribution is 5.07. The monoisotopic (exact) mass is 229 g/mol. The van der Waals surface area contributed by atoms with Gasteiger partial charge in [0.1, 0.15) is 5.69 Å². The molecule has 0 bridgehead atoms. The van der Waals surface area contributed by atoms with Gasteiger partial charge in [-0.3, -0.25) is 4.68 Å². The van der Waals surface area contributed by atoms with E-state index in [-0.39, 0.29) is 5.69 Å². The molecule has 1 atom stereocenters. The van der Waals surface area contributed by atoms with Crippen molar-refractivity contribution in [3.8, 4) is 0 Å². The Hall–Kier alpha value is -0.970. The van der Waals surface area contributed by atoms with Gasteiger partial charge in [0, 0.05) is 19.7 Å². The quantitative estimate of drug-likeness (QED) is 0.859. The lowest BCUT2D eigenvalue weighted by Gasteiger charge is -2.24. The Labute approximate surface area is 93.8 Å². The molecule has 0 spiro atoms. The topological polar surface area (TPSA) is 29.9 Å². The molecule has 1 aromatic rings. The molecule has 1 aliphatic heterocycles. The molecule has 1 unspecified atom stereocenters. The van der Waals surface area contributed by atoms with Crippen molar-refractivity contribution in [1.29, 1.82) is 0 Å². The maximum atomic E-state index is 13.2.